The van der Waals surface area contributed by atoms with Gasteiger partial charge in [0, 0.05) is 56.4 Å². The molecule has 3 aliphatic rings. The molecule has 2 aromatic rings. The minimum atomic E-state index is -1.21. The average molecular weight is 478 g/mol. The fourth-order valence-corrected chi connectivity index (χ4v) is 5.37. The zero-order valence-corrected chi connectivity index (χ0v) is 20.1. The second-order valence-corrected chi connectivity index (χ2v) is 9.96. The molecule has 9 nitrogen and oxygen atoms in total. The van der Waals surface area contributed by atoms with Crippen molar-refractivity contribution in [2.24, 2.45) is 5.41 Å². The van der Waals surface area contributed by atoms with Crippen molar-refractivity contribution in [2.75, 3.05) is 20.7 Å². The lowest BCUT2D eigenvalue weighted by Crippen LogP contribution is -2.41. The van der Waals surface area contributed by atoms with Crippen LogP contribution in [0.1, 0.15) is 54.9 Å². The molecule has 0 spiro atoms. The van der Waals surface area contributed by atoms with Crippen molar-refractivity contribution in [3.8, 4) is 11.4 Å². The number of methoxy groups -OCH3 is 1. The third-order valence-electron chi connectivity index (χ3n) is 6.91. The number of carboxylic acid groups (broad SMARTS) is 1. The van der Waals surface area contributed by atoms with E-state index in [1.165, 1.54) is 11.8 Å². The third kappa shape index (κ3) is 3.62. The minimum absolute atomic E-state index is 0.0719. The van der Waals surface area contributed by atoms with Crippen molar-refractivity contribution in [3.63, 3.8) is 0 Å². The molecule has 0 unspecified atom stereocenters. The van der Waals surface area contributed by atoms with Crippen molar-refractivity contribution < 1.29 is 29.0 Å². The van der Waals surface area contributed by atoms with Crippen LogP contribution in [0.25, 0.3) is 5.69 Å². The molecule has 5 rings (SSSR count). The highest BCUT2D eigenvalue weighted by molar-refractivity contribution is 6.07. The van der Waals surface area contributed by atoms with Crippen LogP contribution in [-0.4, -0.2) is 58.1 Å². The van der Waals surface area contributed by atoms with Crippen LogP contribution in [0.4, 0.5) is 0 Å². The first-order valence-electron chi connectivity index (χ1n) is 11.5. The molecule has 0 fully saturated rings. The number of hydrogen-bond donors (Lipinski definition) is 1. The van der Waals surface area contributed by atoms with E-state index >= 15 is 0 Å². The van der Waals surface area contributed by atoms with Gasteiger partial charge in [0.1, 0.15) is 17.3 Å². The molecular formula is C26H27N3O6. The number of likely N-dealkylation sites (N-methyl/N-ethyl adjacent to an activating group) is 1. The molecule has 0 radical (unpaired) electrons. The molecule has 0 saturated carbocycles. The molecule has 1 aliphatic carbocycles. The predicted molar refractivity (Wildman–Crippen MR) is 125 cm³/mol. The maximum atomic E-state index is 13.6. The number of benzene rings is 1. The topological polar surface area (TPSA) is 111 Å². The molecule has 1 atom stereocenters. The van der Waals surface area contributed by atoms with Gasteiger partial charge in [-0.1, -0.05) is 13.8 Å². The summed E-state index contributed by atoms with van der Waals surface area (Å²) >= 11 is 0. The number of allylic oxidation sites excluding steroid dienone is 2. The highest BCUT2D eigenvalue weighted by Crippen LogP contribution is 2.53. The molecule has 1 aromatic heterocycles. The third-order valence-corrected chi connectivity index (χ3v) is 6.91. The van der Waals surface area contributed by atoms with Gasteiger partial charge in [0.2, 0.25) is 0 Å². The molecule has 3 heterocycles. The summed E-state index contributed by atoms with van der Waals surface area (Å²) in [6.45, 7) is 4.47. The van der Waals surface area contributed by atoms with Crippen LogP contribution in [0.2, 0.25) is 0 Å². The monoisotopic (exact) mass is 477 g/mol. The van der Waals surface area contributed by atoms with E-state index in [2.05, 4.69) is 5.10 Å². The number of rotatable bonds is 4. The number of amides is 1. The SMILES string of the molecule is COc1ccc(-n2cccn2)c(C(=O)O)c1[C@H]1C2=C(CC(C)(C)CC2=O)OC2=C1C(=O)N(C)CC2. The van der Waals surface area contributed by atoms with Gasteiger partial charge in [-0.2, -0.15) is 5.10 Å². The molecule has 1 aromatic carbocycles. The van der Waals surface area contributed by atoms with Crippen LogP contribution in [0.3, 0.4) is 0 Å². The Morgan fingerprint density at radius 1 is 1.20 bits per heavy atom. The molecule has 2 aliphatic heterocycles. The largest absolute Gasteiger partial charge is 0.496 e. The Kier molecular flexibility index (Phi) is 5.30. The smallest absolute Gasteiger partial charge is 0.338 e. The summed E-state index contributed by atoms with van der Waals surface area (Å²) in [5.41, 5.74) is 0.818. The maximum absolute atomic E-state index is 13.6. The number of Topliss-reactive ketones (excluding diaryl/α,β-unsaturated/α-hetero) is 1. The van der Waals surface area contributed by atoms with Crippen LogP contribution >= 0.6 is 0 Å². The normalized spacial score (nSPS) is 21.5. The Morgan fingerprint density at radius 2 is 1.97 bits per heavy atom. The van der Waals surface area contributed by atoms with Gasteiger partial charge in [0.25, 0.3) is 5.91 Å². The van der Waals surface area contributed by atoms with Gasteiger partial charge >= 0.3 is 5.97 Å². The standard InChI is InChI=1S/C26H27N3O6/c1-26(2)12-15(30)20-18(13-26)35-17-8-11-28(3)24(31)22(17)23(20)21-16(34-4)7-6-14(19(21)25(32)33)29-10-5-9-27-29/h5-7,9-10,23H,8,11-13H2,1-4H3,(H,32,33)/t23-/m1/s1. The van der Waals surface area contributed by atoms with Crippen molar-refractivity contribution in [3.05, 3.63) is 64.4 Å². The highest BCUT2D eigenvalue weighted by atomic mass is 16.5. The first kappa shape index (κ1) is 22.9. The number of carbonyl (C=O) groups excluding carboxylic acids is 2. The van der Waals surface area contributed by atoms with Crippen LogP contribution in [0, 0.1) is 5.41 Å². The van der Waals surface area contributed by atoms with Gasteiger partial charge in [-0.05, 0) is 23.6 Å². The zero-order valence-electron chi connectivity index (χ0n) is 20.1. The number of nitrogens with zero attached hydrogens (tertiary/aromatic N) is 3. The van der Waals surface area contributed by atoms with Gasteiger partial charge in [-0.3, -0.25) is 9.59 Å². The van der Waals surface area contributed by atoms with Crippen molar-refractivity contribution >= 4 is 17.7 Å². The summed E-state index contributed by atoms with van der Waals surface area (Å²) in [5, 5.41) is 14.6. The number of ether oxygens (including phenoxy) is 2. The molecule has 182 valence electrons. The number of ketones is 1. The molecule has 1 N–H and O–H groups in total. The summed E-state index contributed by atoms with van der Waals surface area (Å²) in [4.78, 5) is 41.4. The highest BCUT2D eigenvalue weighted by Gasteiger charge is 2.48. The van der Waals surface area contributed by atoms with Crippen molar-refractivity contribution in [1.29, 1.82) is 0 Å². The summed E-state index contributed by atoms with van der Waals surface area (Å²) in [6.07, 6.45) is 4.45. The second-order valence-electron chi connectivity index (χ2n) is 9.96. The van der Waals surface area contributed by atoms with E-state index in [4.69, 9.17) is 9.47 Å². The number of aromatic carboxylic acids is 1. The summed E-state index contributed by atoms with van der Waals surface area (Å²) in [7, 11) is 3.14. The summed E-state index contributed by atoms with van der Waals surface area (Å²) in [6, 6.07) is 4.96. The lowest BCUT2D eigenvalue weighted by atomic mass is 9.68. The first-order chi connectivity index (χ1) is 16.6. The Morgan fingerprint density at radius 3 is 2.63 bits per heavy atom. The molecule has 0 bridgehead atoms. The number of carbonyl (C=O) groups is 3. The van der Waals surface area contributed by atoms with Crippen LogP contribution in [0.15, 0.2) is 53.3 Å². The van der Waals surface area contributed by atoms with Gasteiger partial charge in [-0.25, -0.2) is 9.48 Å². The quantitative estimate of drug-likeness (QED) is 0.718. The van der Waals surface area contributed by atoms with Crippen molar-refractivity contribution in [2.45, 2.75) is 39.0 Å². The lowest BCUT2D eigenvalue weighted by molar-refractivity contribution is -0.127. The van der Waals surface area contributed by atoms with Gasteiger partial charge in [-0.15, -0.1) is 0 Å². The van der Waals surface area contributed by atoms with E-state index in [1.54, 1.807) is 42.5 Å². The lowest BCUT2D eigenvalue weighted by Gasteiger charge is -2.42. The first-order valence-corrected chi connectivity index (χ1v) is 11.5. The zero-order chi connectivity index (χ0) is 25.1. The maximum Gasteiger partial charge on any atom is 0.338 e. The van der Waals surface area contributed by atoms with Gasteiger partial charge in [0.15, 0.2) is 5.78 Å². The molecule has 9 heteroatoms. The number of carboxylic acids is 1. The van der Waals surface area contributed by atoms with E-state index in [-0.39, 0.29) is 40.4 Å². The second kappa shape index (κ2) is 8.11. The predicted octanol–water partition coefficient (Wildman–Crippen LogP) is 3.45. The van der Waals surface area contributed by atoms with Crippen LogP contribution in [0.5, 0.6) is 5.75 Å². The molecule has 1 amide bonds. The van der Waals surface area contributed by atoms with E-state index in [0.29, 0.717) is 47.7 Å². The fourth-order valence-electron chi connectivity index (χ4n) is 5.37. The minimum Gasteiger partial charge on any atom is -0.496 e. The number of hydrogen-bond acceptors (Lipinski definition) is 6. The van der Waals surface area contributed by atoms with E-state index in [9.17, 15) is 19.5 Å². The van der Waals surface area contributed by atoms with Gasteiger partial charge in [0.05, 0.1) is 29.9 Å². The molecular weight excluding hydrogens is 450 g/mol. The Balaban J connectivity index is 1.86. The summed E-state index contributed by atoms with van der Waals surface area (Å²) < 4.78 is 13.3. The molecule has 0 saturated heterocycles. The van der Waals surface area contributed by atoms with E-state index in [1.807, 2.05) is 13.8 Å². The van der Waals surface area contributed by atoms with E-state index < -0.39 is 11.9 Å². The van der Waals surface area contributed by atoms with Crippen LogP contribution in [-0.2, 0) is 14.3 Å². The Labute approximate surface area is 202 Å². The van der Waals surface area contributed by atoms with Crippen LogP contribution < -0.4 is 4.74 Å². The fraction of sp³-hybridized carbons (Fsp3) is 0.385. The number of aromatic nitrogens is 2. The van der Waals surface area contributed by atoms with E-state index in [0.717, 1.165) is 0 Å². The molecule has 35 heavy (non-hydrogen) atoms. The Hall–Kier alpha value is -3.88. The van der Waals surface area contributed by atoms with Crippen molar-refractivity contribution in [1.82, 2.24) is 14.7 Å². The summed E-state index contributed by atoms with van der Waals surface area (Å²) in [5.74, 6) is -1.30. The average Bonchev–Trinajstić information content (AvgIpc) is 3.33. The Bertz CT molecular complexity index is 1320. The van der Waals surface area contributed by atoms with Gasteiger partial charge < -0.3 is 19.5 Å².